The van der Waals surface area contributed by atoms with Crippen LogP contribution in [0.4, 0.5) is 13.9 Å². The minimum Gasteiger partial charge on any atom is -0.334 e. The zero-order chi connectivity index (χ0) is 20.1. The monoisotopic (exact) mass is 404 g/mol. The molecule has 0 aliphatic heterocycles. The van der Waals surface area contributed by atoms with Crippen molar-refractivity contribution in [2.24, 2.45) is 0 Å². The van der Waals surface area contributed by atoms with Crippen molar-refractivity contribution in [2.45, 2.75) is 20.3 Å². The molecule has 0 bridgehead atoms. The fourth-order valence-electron chi connectivity index (χ4n) is 3.13. The van der Waals surface area contributed by atoms with Crippen LogP contribution in [-0.2, 0) is 11.2 Å². The van der Waals surface area contributed by atoms with Gasteiger partial charge in [0.25, 0.3) is 0 Å². The fraction of sp³-hybridized carbons (Fsp3) is 0.333. The van der Waals surface area contributed by atoms with Gasteiger partial charge in [-0.05, 0) is 25.5 Å². The summed E-state index contributed by atoms with van der Waals surface area (Å²) in [5.74, 6) is -1.45. The first-order valence-corrected chi connectivity index (χ1v) is 10.3. The number of fused-ring (bicyclic) bond motifs is 1. The van der Waals surface area contributed by atoms with E-state index in [4.69, 9.17) is 0 Å². The second kappa shape index (κ2) is 9.21. The normalized spacial score (nSPS) is 11.3. The molecule has 2 aromatic carbocycles. The third kappa shape index (κ3) is 4.72. The number of carbonyl (C=O) groups excluding carboxylic acids is 1. The first-order valence-electron chi connectivity index (χ1n) is 9.45. The second-order valence-corrected chi connectivity index (χ2v) is 7.65. The lowest BCUT2D eigenvalue weighted by molar-refractivity contribution is -0.894. The standard InChI is InChI=1S/C21H23F2N3OS/c1-3-25(4-2)10-11-26(19(27)12-15-8-6-5-7-9-15)21-24-20-17(23)13-16(22)14-18(20)28-21/h5-9,13-14H,3-4,10-12H2,1-2H3/p+1. The van der Waals surface area contributed by atoms with E-state index in [-0.39, 0.29) is 17.8 Å². The lowest BCUT2D eigenvalue weighted by atomic mass is 10.1. The van der Waals surface area contributed by atoms with Crippen molar-refractivity contribution < 1.29 is 18.5 Å². The highest BCUT2D eigenvalue weighted by Gasteiger charge is 2.23. The van der Waals surface area contributed by atoms with E-state index < -0.39 is 11.6 Å². The van der Waals surface area contributed by atoms with Crippen molar-refractivity contribution in [1.29, 1.82) is 0 Å². The van der Waals surface area contributed by atoms with Crippen molar-refractivity contribution in [3.63, 3.8) is 0 Å². The number of thiazole rings is 1. The lowest BCUT2D eigenvalue weighted by Crippen LogP contribution is -3.12. The van der Waals surface area contributed by atoms with E-state index in [1.54, 1.807) is 4.90 Å². The number of anilines is 1. The van der Waals surface area contributed by atoms with Crippen molar-refractivity contribution >= 4 is 32.6 Å². The molecule has 28 heavy (non-hydrogen) atoms. The molecule has 0 unspecified atom stereocenters. The number of halogens is 2. The highest BCUT2D eigenvalue weighted by Crippen LogP contribution is 2.31. The Bertz CT molecular complexity index is 941. The molecular formula is C21H24F2N3OS+. The molecule has 0 aliphatic carbocycles. The summed E-state index contributed by atoms with van der Waals surface area (Å²) in [5.41, 5.74) is 1.01. The first-order chi connectivity index (χ1) is 13.5. The van der Waals surface area contributed by atoms with Gasteiger partial charge < -0.3 is 4.90 Å². The molecule has 148 valence electrons. The molecule has 4 nitrogen and oxygen atoms in total. The molecule has 0 saturated carbocycles. The number of hydrogen-bond donors (Lipinski definition) is 1. The van der Waals surface area contributed by atoms with Crippen molar-refractivity contribution in [3.8, 4) is 0 Å². The number of quaternary nitrogens is 1. The Kier molecular flexibility index (Phi) is 6.70. The molecule has 1 N–H and O–H groups in total. The maximum atomic E-state index is 14.1. The number of likely N-dealkylation sites (N-methyl/N-ethyl adjacent to an activating group) is 1. The third-order valence-electron chi connectivity index (χ3n) is 4.82. The van der Waals surface area contributed by atoms with Crippen LogP contribution >= 0.6 is 11.3 Å². The van der Waals surface area contributed by atoms with Gasteiger partial charge in [0, 0.05) is 6.07 Å². The molecule has 0 radical (unpaired) electrons. The van der Waals surface area contributed by atoms with Crippen LogP contribution in [0.15, 0.2) is 42.5 Å². The Labute approximate surface area is 167 Å². The number of rotatable bonds is 8. The van der Waals surface area contributed by atoms with Gasteiger partial charge in [0.05, 0.1) is 37.3 Å². The quantitative estimate of drug-likeness (QED) is 0.627. The van der Waals surface area contributed by atoms with E-state index in [9.17, 15) is 13.6 Å². The van der Waals surface area contributed by atoms with E-state index in [1.807, 2.05) is 30.3 Å². The summed E-state index contributed by atoms with van der Waals surface area (Å²) >= 11 is 1.14. The average Bonchev–Trinajstić information content (AvgIpc) is 3.10. The van der Waals surface area contributed by atoms with E-state index >= 15 is 0 Å². The number of nitrogens with zero attached hydrogens (tertiary/aromatic N) is 2. The topological polar surface area (TPSA) is 37.6 Å². The summed E-state index contributed by atoms with van der Waals surface area (Å²) in [7, 11) is 0. The highest BCUT2D eigenvalue weighted by molar-refractivity contribution is 7.22. The molecule has 1 aromatic heterocycles. The number of amides is 1. The van der Waals surface area contributed by atoms with Crippen molar-refractivity contribution in [3.05, 3.63) is 59.7 Å². The van der Waals surface area contributed by atoms with Gasteiger partial charge in [0.2, 0.25) is 5.91 Å². The Morgan fingerprint density at radius 1 is 1.14 bits per heavy atom. The molecule has 1 amide bonds. The maximum absolute atomic E-state index is 14.1. The summed E-state index contributed by atoms with van der Waals surface area (Å²) in [6, 6.07) is 11.6. The van der Waals surface area contributed by atoms with Gasteiger partial charge in [-0.25, -0.2) is 13.8 Å². The van der Waals surface area contributed by atoms with Crippen LogP contribution in [0.5, 0.6) is 0 Å². The number of nitrogens with one attached hydrogen (secondary N) is 1. The Balaban J connectivity index is 1.91. The second-order valence-electron chi connectivity index (χ2n) is 6.65. The maximum Gasteiger partial charge on any atom is 0.233 e. The van der Waals surface area contributed by atoms with Crippen LogP contribution in [0.25, 0.3) is 10.2 Å². The zero-order valence-electron chi connectivity index (χ0n) is 16.0. The molecule has 0 fully saturated rings. The Morgan fingerprint density at radius 3 is 2.54 bits per heavy atom. The van der Waals surface area contributed by atoms with Gasteiger partial charge in [-0.15, -0.1) is 0 Å². The van der Waals surface area contributed by atoms with E-state index in [0.29, 0.717) is 16.4 Å². The SMILES string of the molecule is CC[NH+](CC)CCN(C(=O)Cc1ccccc1)c1nc2c(F)cc(F)cc2s1. The number of benzene rings is 2. The van der Waals surface area contributed by atoms with Crippen LogP contribution in [-0.4, -0.2) is 37.1 Å². The van der Waals surface area contributed by atoms with Crippen LogP contribution in [0.3, 0.4) is 0 Å². The van der Waals surface area contributed by atoms with Crippen molar-refractivity contribution in [2.75, 3.05) is 31.1 Å². The third-order valence-corrected chi connectivity index (χ3v) is 5.85. The summed E-state index contributed by atoms with van der Waals surface area (Å²) in [4.78, 5) is 20.3. The van der Waals surface area contributed by atoms with E-state index in [2.05, 4.69) is 18.8 Å². The van der Waals surface area contributed by atoms with Crippen LogP contribution < -0.4 is 9.80 Å². The van der Waals surface area contributed by atoms with E-state index in [0.717, 1.165) is 42.6 Å². The molecule has 1 heterocycles. The first kappa shape index (κ1) is 20.4. The predicted molar refractivity (Wildman–Crippen MR) is 109 cm³/mol. The minimum atomic E-state index is -0.706. The molecule has 7 heteroatoms. The lowest BCUT2D eigenvalue weighted by Gasteiger charge is -2.23. The van der Waals surface area contributed by atoms with Gasteiger partial charge in [-0.3, -0.25) is 9.69 Å². The van der Waals surface area contributed by atoms with Gasteiger partial charge >= 0.3 is 0 Å². The Hall–Kier alpha value is -2.38. The van der Waals surface area contributed by atoms with Gasteiger partial charge in [-0.2, -0.15) is 0 Å². The summed E-state index contributed by atoms with van der Waals surface area (Å²) in [6.45, 7) is 7.36. The van der Waals surface area contributed by atoms with Gasteiger partial charge in [0.15, 0.2) is 10.9 Å². The van der Waals surface area contributed by atoms with Crippen LogP contribution in [0.1, 0.15) is 19.4 Å². The van der Waals surface area contributed by atoms with E-state index in [1.165, 1.54) is 11.0 Å². The Morgan fingerprint density at radius 2 is 1.86 bits per heavy atom. The minimum absolute atomic E-state index is 0.0994. The molecule has 0 atom stereocenters. The number of aromatic nitrogens is 1. The highest BCUT2D eigenvalue weighted by atomic mass is 32.1. The molecule has 0 spiro atoms. The molecule has 0 saturated heterocycles. The predicted octanol–water partition coefficient (Wildman–Crippen LogP) is 3.07. The zero-order valence-corrected chi connectivity index (χ0v) is 16.9. The number of carbonyl (C=O) groups is 1. The van der Waals surface area contributed by atoms with Gasteiger partial charge in [0.1, 0.15) is 11.3 Å². The summed E-state index contributed by atoms with van der Waals surface area (Å²) < 4.78 is 28.0. The summed E-state index contributed by atoms with van der Waals surface area (Å²) in [5, 5.41) is 0.409. The van der Waals surface area contributed by atoms with Crippen LogP contribution in [0, 0.1) is 11.6 Å². The largest absolute Gasteiger partial charge is 0.334 e. The molecule has 0 aliphatic rings. The molecular weight excluding hydrogens is 380 g/mol. The molecule has 3 rings (SSSR count). The fourth-order valence-corrected chi connectivity index (χ4v) is 4.18. The van der Waals surface area contributed by atoms with Crippen molar-refractivity contribution in [1.82, 2.24) is 4.98 Å². The smallest absolute Gasteiger partial charge is 0.233 e. The summed E-state index contributed by atoms with van der Waals surface area (Å²) in [6.07, 6.45) is 0.237. The number of hydrogen-bond acceptors (Lipinski definition) is 3. The molecule has 3 aromatic rings. The van der Waals surface area contributed by atoms with Gasteiger partial charge in [-0.1, -0.05) is 41.7 Å². The van der Waals surface area contributed by atoms with Crippen LogP contribution in [0.2, 0.25) is 0 Å². The average molecular weight is 405 g/mol.